The molecule has 1 rings (SSSR count). The summed E-state index contributed by atoms with van der Waals surface area (Å²) >= 11 is 0. The van der Waals surface area contributed by atoms with Crippen LogP contribution in [0.3, 0.4) is 0 Å². The van der Waals surface area contributed by atoms with Gasteiger partial charge in [-0.2, -0.15) is 0 Å². The average Bonchev–Trinajstić information content (AvgIpc) is 2.49. The number of hydrogen-bond donors (Lipinski definition) is 4. The molecule has 0 spiro atoms. The van der Waals surface area contributed by atoms with Gasteiger partial charge in [0, 0.05) is 24.2 Å². The monoisotopic (exact) mass is 297 g/mol. The number of halogens is 1. The highest BCUT2D eigenvalue weighted by atomic mass is 19.1. The number of amidine groups is 1. The second-order valence-electron chi connectivity index (χ2n) is 5.07. The Bertz CT molecular complexity index is 476. The molecule has 21 heavy (non-hydrogen) atoms. The summed E-state index contributed by atoms with van der Waals surface area (Å²) < 4.78 is 13.9. The first-order valence-corrected chi connectivity index (χ1v) is 7.18. The predicted octanol–water partition coefficient (Wildman–Crippen LogP) is 1.81. The smallest absolute Gasteiger partial charge is 0.170 e. The van der Waals surface area contributed by atoms with Crippen molar-refractivity contribution in [3.8, 4) is 0 Å². The highest BCUT2D eigenvalue weighted by molar-refractivity contribution is 5.97. The first kappa shape index (κ1) is 17.4. The number of aliphatic hydroxyl groups excluding tert-OH is 1. The van der Waals surface area contributed by atoms with Gasteiger partial charge in [0.1, 0.15) is 5.82 Å². The lowest BCUT2D eigenvalue weighted by Crippen LogP contribution is -2.32. The molecule has 0 aliphatic heterocycles. The second kappa shape index (κ2) is 8.59. The van der Waals surface area contributed by atoms with Crippen molar-refractivity contribution in [2.24, 2.45) is 16.8 Å². The Morgan fingerprint density at radius 2 is 2.05 bits per heavy atom. The molecule has 0 fully saturated rings. The molecule has 1 atom stereocenters. The Labute approximate surface area is 124 Å². The van der Waals surface area contributed by atoms with Crippen LogP contribution < -0.4 is 11.1 Å². The minimum atomic E-state index is -0.431. The minimum absolute atomic E-state index is 0.127. The first-order valence-electron chi connectivity index (χ1n) is 7.18. The van der Waals surface area contributed by atoms with Gasteiger partial charge in [-0.1, -0.05) is 44.0 Å². The SMILES string of the molecule is CCC(CC)C(O)CNCc1ccc(/C(N)=N/O)cc1F. The normalized spacial score (nSPS) is 13.7. The largest absolute Gasteiger partial charge is 0.409 e. The summed E-state index contributed by atoms with van der Waals surface area (Å²) in [5.74, 6) is -0.300. The van der Waals surface area contributed by atoms with E-state index in [0.717, 1.165) is 12.8 Å². The number of hydrogen-bond acceptors (Lipinski definition) is 4. The van der Waals surface area contributed by atoms with E-state index in [2.05, 4.69) is 10.5 Å². The van der Waals surface area contributed by atoms with Gasteiger partial charge in [-0.25, -0.2) is 4.39 Å². The molecule has 1 unspecified atom stereocenters. The molecule has 5 nitrogen and oxygen atoms in total. The molecule has 118 valence electrons. The Hall–Kier alpha value is -1.66. The molecule has 6 heteroatoms. The van der Waals surface area contributed by atoms with E-state index in [9.17, 15) is 9.50 Å². The van der Waals surface area contributed by atoms with Gasteiger partial charge in [-0.05, 0) is 12.0 Å². The standard InChI is InChI=1S/C15H24FN3O2/c1-3-10(4-2)14(20)9-18-8-12-6-5-11(7-13(12)16)15(17)19-21/h5-7,10,14,18,20-21H,3-4,8-9H2,1-2H3,(H2,17,19). The average molecular weight is 297 g/mol. The van der Waals surface area contributed by atoms with Gasteiger partial charge in [0.15, 0.2) is 5.84 Å². The molecule has 0 aliphatic rings. The summed E-state index contributed by atoms with van der Waals surface area (Å²) in [4.78, 5) is 0. The molecular formula is C15H24FN3O2. The zero-order valence-corrected chi connectivity index (χ0v) is 12.5. The van der Waals surface area contributed by atoms with Gasteiger partial charge in [-0.15, -0.1) is 0 Å². The van der Waals surface area contributed by atoms with E-state index in [4.69, 9.17) is 10.9 Å². The van der Waals surface area contributed by atoms with Crippen LogP contribution in [0.1, 0.15) is 37.8 Å². The third kappa shape index (κ3) is 4.99. The van der Waals surface area contributed by atoms with Gasteiger partial charge in [0.05, 0.1) is 6.10 Å². The number of oxime groups is 1. The highest BCUT2D eigenvalue weighted by Crippen LogP contribution is 2.13. The number of benzene rings is 1. The second-order valence-corrected chi connectivity index (χ2v) is 5.07. The van der Waals surface area contributed by atoms with Gasteiger partial charge in [-0.3, -0.25) is 0 Å². The number of nitrogens with two attached hydrogens (primary N) is 1. The fourth-order valence-electron chi connectivity index (χ4n) is 2.26. The topological polar surface area (TPSA) is 90.9 Å². The van der Waals surface area contributed by atoms with E-state index >= 15 is 0 Å². The van der Waals surface area contributed by atoms with Crippen molar-refractivity contribution in [1.82, 2.24) is 5.32 Å². The lowest BCUT2D eigenvalue weighted by atomic mass is 9.96. The van der Waals surface area contributed by atoms with Crippen molar-refractivity contribution in [1.29, 1.82) is 0 Å². The summed E-state index contributed by atoms with van der Waals surface area (Å²) in [7, 11) is 0. The van der Waals surface area contributed by atoms with E-state index in [-0.39, 0.29) is 11.8 Å². The molecule has 0 aromatic heterocycles. The molecule has 0 saturated carbocycles. The van der Waals surface area contributed by atoms with Crippen molar-refractivity contribution >= 4 is 5.84 Å². The van der Waals surface area contributed by atoms with Crippen LogP contribution in [0.4, 0.5) is 4.39 Å². The van der Waals surface area contributed by atoms with Crippen LogP contribution in [-0.2, 0) is 6.54 Å². The Balaban J connectivity index is 2.57. The van der Waals surface area contributed by atoms with E-state index in [1.807, 2.05) is 13.8 Å². The third-order valence-electron chi connectivity index (χ3n) is 3.72. The van der Waals surface area contributed by atoms with Crippen LogP contribution >= 0.6 is 0 Å². The summed E-state index contributed by atoms with van der Waals surface area (Å²) in [6.07, 6.45) is 1.41. The van der Waals surface area contributed by atoms with E-state index in [1.165, 1.54) is 6.07 Å². The maximum Gasteiger partial charge on any atom is 0.170 e. The van der Waals surface area contributed by atoms with Gasteiger partial charge < -0.3 is 21.4 Å². The molecule has 5 N–H and O–H groups in total. The number of nitrogens with one attached hydrogen (secondary N) is 1. The summed E-state index contributed by atoms with van der Waals surface area (Å²) in [6, 6.07) is 4.40. The summed E-state index contributed by atoms with van der Waals surface area (Å²) in [6.45, 7) is 4.83. The number of nitrogens with zero attached hydrogens (tertiary/aromatic N) is 1. The van der Waals surface area contributed by atoms with Crippen LogP contribution in [0.15, 0.2) is 23.4 Å². The van der Waals surface area contributed by atoms with Crippen LogP contribution in [0.25, 0.3) is 0 Å². The molecule has 0 saturated heterocycles. The van der Waals surface area contributed by atoms with E-state index < -0.39 is 11.9 Å². The lowest BCUT2D eigenvalue weighted by molar-refractivity contribution is 0.101. The zero-order chi connectivity index (χ0) is 15.8. The Morgan fingerprint density at radius 3 is 2.57 bits per heavy atom. The Kier molecular flexibility index (Phi) is 7.11. The fourth-order valence-corrected chi connectivity index (χ4v) is 2.26. The van der Waals surface area contributed by atoms with Crippen molar-refractivity contribution in [3.05, 3.63) is 35.1 Å². The van der Waals surface area contributed by atoms with Gasteiger partial charge in [0.25, 0.3) is 0 Å². The molecule has 1 aromatic carbocycles. The molecular weight excluding hydrogens is 273 g/mol. The zero-order valence-electron chi connectivity index (χ0n) is 12.5. The minimum Gasteiger partial charge on any atom is -0.409 e. The van der Waals surface area contributed by atoms with Gasteiger partial charge in [0.2, 0.25) is 0 Å². The molecule has 0 heterocycles. The number of aliphatic hydroxyl groups is 1. The van der Waals surface area contributed by atoms with Crippen LogP contribution in [0.2, 0.25) is 0 Å². The quantitative estimate of drug-likeness (QED) is 0.255. The van der Waals surface area contributed by atoms with Gasteiger partial charge >= 0.3 is 0 Å². The third-order valence-corrected chi connectivity index (χ3v) is 3.72. The molecule has 0 aliphatic carbocycles. The fraction of sp³-hybridized carbons (Fsp3) is 0.533. The van der Waals surface area contributed by atoms with Crippen molar-refractivity contribution in [2.75, 3.05) is 6.54 Å². The summed E-state index contributed by atoms with van der Waals surface area (Å²) in [5, 5.41) is 24.4. The highest BCUT2D eigenvalue weighted by Gasteiger charge is 2.15. The molecule has 0 radical (unpaired) electrons. The van der Waals surface area contributed by atoms with E-state index in [1.54, 1.807) is 12.1 Å². The van der Waals surface area contributed by atoms with Crippen LogP contribution in [0.5, 0.6) is 0 Å². The van der Waals surface area contributed by atoms with Crippen molar-refractivity contribution in [2.45, 2.75) is 39.3 Å². The van der Waals surface area contributed by atoms with Crippen molar-refractivity contribution < 1.29 is 14.7 Å². The maximum atomic E-state index is 13.9. The summed E-state index contributed by atoms with van der Waals surface area (Å²) in [5.41, 5.74) is 6.20. The Morgan fingerprint density at radius 1 is 1.38 bits per heavy atom. The van der Waals surface area contributed by atoms with E-state index in [0.29, 0.717) is 24.2 Å². The number of rotatable bonds is 8. The molecule has 0 bridgehead atoms. The predicted molar refractivity (Wildman–Crippen MR) is 80.7 cm³/mol. The van der Waals surface area contributed by atoms with Crippen LogP contribution in [-0.4, -0.2) is 28.8 Å². The molecule has 0 amide bonds. The lowest BCUT2D eigenvalue weighted by Gasteiger charge is -2.20. The first-order chi connectivity index (χ1) is 10.0. The molecule has 1 aromatic rings. The maximum absolute atomic E-state index is 13.9. The van der Waals surface area contributed by atoms with Crippen LogP contribution in [0, 0.1) is 11.7 Å². The van der Waals surface area contributed by atoms with Crippen molar-refractivity contribution in [3.63, 3.8) is 0 Å².